The lowest BCUT2D eigenvalue weighted by atomic mass is 10.2. The predicted octanol–water partition coefficient (Wildman–Crippen LogP) is 2.84. The highest BCUT2D eigenvalue weighted by molar-refractivity contribution is 5.24. The molecule has 0 aliphatic carbocycles. The number of H-pyrrole nitrogens is 1. The molecule has 0 saturated heterocycles. The fraction of sp³-hybridized carbons (Fsp3) is 0.600. The molecule has 62 valence electrons. The Morgan fingerprint density at radius 3 is 2.55 bits per heavy atom. The number of hydrogen-bond donors (Lipinski definition) is 1. The molecule has 0 atom stereocenters. The van der Waals surface area contributed by atoms with E-state index in [2.05, 4.69) is 31.8 Å². The quantitative estimate of drug-likeness (QED) is 0.683. The van der Waals surface area contributed by atoms with Gasteiger partial charge in [-0.1, -0.05) is 20.3 Å². The van der Waals surface area contributed by atoms with Gasteiger partial charge in [0.2, 0.25) is 0 Å². The van der Waals surface area contributed by atoms with Crippen LogP contribution in [0.1, 0.15) is 37.2 Å². The summed E-state index contributed by atoms with van der Waals surface area (Å²) in [5.41, 5.74) is 4.20. The lowest BCUT2D eigenvalue weighted by molar-refractivity contribution is 0.880. The van der Waals surface area contributed by atoms with E-state index in [9.17, 15) is 0 Å². The number of aryl methyl sites for hydroxylation is 3. The Labute approximate surface area is 68.8 Å². The van der Waals surface area contributed by atoms with Crippen molar-refractivity contribution in [3.8, 4) is 0 Å². The SMILES string of the molecule is CCCc1cc(C)c(CC)[nH]1. The standard InChI is InChI=1S/C10H17N/c1-4-6-9-7-8(3)10(5-2)11-9/h7,11H,4-6H2,1-3H3. The molecule has 1 rings (SSSR count). The van der Waals surface area contributed by atoms with Gasteiger partial charge in [-0.2, -0.15) is 0 Å². The zero-order valence-electron chi connectivity index (χ0n) is 7.70. The molecule has 0 bridgehead atoms. The molecule has 0 aliphatic rings. The van der Waals surface area contributed by atoms with Gasteiger partial charge in [-0.25, -0.2) is 0 Å². The van der Waals surface area contributed by atoms with E-state index >= 15 is 0 Å². The molecule has 0 spiro atoms. The van der Waals surface area contributed by atoms with Crippen molar-refractivity contribution < 1.29 is 0 Å². The third kappa shape index (κ3) is 1.86. The van der Waals surface area contributed by atoms with Crippen LogP contribution in [0.4, 0.5) is 0 Å². The van der Waals surface area contributed by atoms with E-state index in [1.54, 1.807) is 0 Å². The third-order valence-electron chi connectivity index (χ3n) is 2.05. The van der Waals surface area contributed by atoms with Gasteiger partial charge in [0.05, 0.1) is 0 Å². The molecule has 0 aliphatic heterocycles. The summed E-state index contributed by atoms with van der Waals surface area (Å²) >= 11 is 0. The first-order valence-corrected chi connectivity index (χ1v) is 4.45. The molecule has 0 saturated carbocycles. The second kappa shape index (κ2) is 3.61. The lowest BCUT2D eigenvalue weighted by Gasteiger charge is -1.92. The van der Waals surface area contributed by atoms with Crippen molar-refractivity contribution in [2.45, 2.75) is 40.0 Å². The van der Waals surface area contributed by atoms with Crippen LogP contribution in [-0.4, -0.2) is 4.98 Å². The molecular weight excluding hydrogens is 134 g/mol. The number of aromatic amines is 1. The minimum absolute atomic E-state index is 1.12. The highest BCUT2D eigenvalue weighted by Gasteiger charge is 2.00. The van der Waals surface area contributed by atoms with Crippen LogP contribution in [0, 0.1) is 6.92 Å². The van der Waals surface area contributed by atoms with Crippen molar-refractivity contribution in [2.24, 2.45) is 0 Å². The van der Waals surface area contributed by atoms with Crippen molar-refractivity contribution in [2.75, 3.05) is 0 Å². The average molecular weight is 151 g/mol. The molecule has 0 fully saturated rings. The fourth-order valence-corrected chi connectivity index (χ4v) is 1.45. The van der Waals surface area contributed by atoms with Gasteiger partial charge in [0, 0.05) is 11.4 Å². The van der Waals surface area contributed by atoms with Crippen LogP contribution in [0.3, 0.4) is 0 Å². The first-order chi connectivity index (χ1) is 5.27. The van der Waals surface area contributed by atoms with E-state index in [1.165, 1.54) is 29.8 Å². The summed E-state index contributed by atoms with van der Waals surface area (Å²) in [5.74, 6) is 0. The van der Waals surface area contributed by atoms with Gasteiger partial charge in [0.1, 0.15) is 0 Å². The third-order valence-corrected chi connectivity index (χ3v) is 2.05. The van der Waals surface area contributed by atoms with Crippen LogP contribution in [0.15, 0.2) is 6.07 Å². The first kappa shape index (κ1) is 8.38. The molecular formula is C10H17N. The van der Waals surface area contributed by atoms with Crippen molar-refractivity contribution in [1.82, 2.24) is 4.98 Å². The van der Waals surface area contributed by atoms with Crippen LogP contribution in [-0.2, 0) is 12.8 Å². The normalized spacial score (nSPS) is 10.5. The Bertz CT molecular complexity index is 223. The van der Waals surface area contributed by atoms with Crippen molar-refractivity contribution in [1.29, 1.82) is 0 Å². The lowest BCUT2D eigenvalue weighted by Crippen LogP contribution is -1.84. The van der Waals surface area contributed by atoms with Crippen molar-refractivity contribution >= 4 is 0 Å². The molecule has 0 unspecified atom stereocenters. The molecule has 1 nitrogen and oxygen atoms in total. The summed E-state index contributed by atoms with van der Waals surface area (Å²) in [6.07, 6.45) is 3.53. The predicted molar refractivity (Wildman–Crippen MR) is 48.9 cm³/mol. The Kier molecular flexibility index (Phi) is 2.75. The number of rotatable bonds is 3. The monoisotopic (exact) mass is 151 g/mol. The minimum Gasteiger partial charge on any atom is -0.362 e. The van der Waals surface area contributed by atoms with Gasteiger partial charge < -0.3 is 4.98 Å². The van der Waals surface area contributed by atoms with E-state index < -0.39 is 0 Å². The minimum atomic E-state index is 1.12. The summed E-state index contributed by atoms with van der Waals surface area (Å²) < 4.78 is 0. The summed E-state index contributed by atoms with van der Waals surface area (Å²) in [6, 6.07) is 2.27. The summed E-state index contributed by atoms with van der Waals surface area (Å²) in [4.78, 5) is 3.43. The van der Waals surface area contributed by atoms with Gasteiger partial charge in [-0.3, -0.25) is 0 Å². The summed E-state index contributed by atoms with van der Waals surface area (Å²) in [6.45, 7) is 6.57. The fourth-order valence-electron chi connectivity index (χ4n) is 1.45. The molecule has 1 aromatic rings. The van der Waals surface area contributed by atoms with Crippen LogP contribution in [0.2, 0.25) is 0 Å². The molecule has 11 heavy (non-hydrogen) atoms. The van der Waals surface area contributed by atoms with Crippen LogP contribution in [0.5, 0.6) is 0 Å². The van der Waals surface area contributed by atoms with Gasteiger partial charge >= 0.3 is 0 Å². The first-order valence-electron chi connectivity index (χ1n) is 4.45. The average Bonchev–Trinajstić information content (AvgIpc) is 2.32. The van der Waals surface area contributed by atoms with Gasteiger partial charge in [-0.15, -0.1) is 0 Å². The summed E-state index contributed by atoms with van der Waals surface area (Å²) in [5, 5.41) is 0. The number of nitrogens with one attached hydrogen (secondary N) is 1. The Morgan fingerprint density at radius 2 is 2.09 bits per heavy atom. The largest absolute Gasteiger partial charge is 0.362 e. The van der Waals surface area contributed by atoms with E-state index in [4.69, 9.17) is 0 Å². The number of hydrogen-bond acceptors (Lipinski definition) is 0. The highest BCUT2D eigenvalue weighted by Crippen LogP contribution is 2.11. The Balaban J connectivity index is 2.77. The molecule has 0 radical (unpaired) electrons. The maximum absolute atomic E-state index is 3.43. The van der Waals surface area contributed by atoms with Crippen LogP contribution < -0.4 is 0 Å². The van der Waals surface area contributed by atoms with Crippen LogP contribution >= 0.6 is 0 Å². The summed E-state index contributed by atoms with van der Waals surface area (Å²) in [7, 11) is 0. The van der Waals surface area contributed by atoms with E-state index in [1.807, 2.05) is 0 Å². The van der Waals surface area contributed by atoms with Crippen molar-refractivity contribution in [3.63, 3.8) is 0 Å². The Morgan fingerprint density at radius 1 is 1.36 bits per heavy atom. The molecule has 0 aromatic carbocycles. The van der Waals surface area contributed by atoms with Gasteiger partial charge in [0.15, 0.2) is 0 Å². The topological polar surface area (TPSA) is 15.8 Å². The molecule has 1 heterocycles. The molecule has 1 aromatic heterocycles. The molecule has 0 amide bonds. The maximum Gasteiger partial charge on any atom is 0.0176 e. The van der Waals surface area contributed by atoms with E-state index in [-0.39, 0.29) is 0 Å². The second-order valence-corrected chi connectivity index (χ2v) is 3.06. The number of aromatic nitrogens is 1. The molecule has 1 N–H and O–H groups in total. The molecule has 1 heteroatoms. The smallest absolute Gasteiger partial charge is 0.0176 e. The Hall–Kier alpha value is -0.720. The van der Waals surface area contributed by atoms with E-state index in [0.29, 0.717) is 0 Å². The zero-order chi connectivity index (χ0) is 8.27. The van der Waals surface area contributed by atoms with Crippen molar-refractivity contribution in [3.05, 3.63) is 23.0 Å². The highest BCUT2D eigenvalue weighted by atomic mass is 14.7. The van der Waals surface area contributed by atoms with Gasteiger partial charge in [-0.05, 0) is 31.4 Å². The van der Waals surface area contributed by atoms with Gasteiger partial charge in [0.25, 0.3) is 0 Å². The van der Waals surface area contributed by atoms with Crippen LogP contribution in [0.25, 0.3) is 0 Å². The zero-order valence-corrected chi connectivity index (χ0v) is 7.70. The van der Waals surface area contributed by atoms with E-state index in [0.717, 1.165) is 6.42 Å². The maximum atomic E-state index is 3.43. The second-order valence-electron chi connectivity index (χ2n) is 3.06.